The zero-order chi connectivity index (χ0) is 20.7. The van der Waals surface area contributed by atoms with Crippen molar-refractivity contribution in [2.45, 2.75) is 71.4 Å². The molecule has 1 unspecified atom stereocenters. The van der Waals surface area contributed by atoms with Crippen molar-refractivity contribution in [3.63, 3.8) is 0 Å². The first-order valence-corrected chi connectivity index (χ1v) is 10.4. The average Bonchev–Trinajstić information content (AvgIpc) is 3.19. The largest absolute Gasteiger partial charge is 0.351 e. The Morgan fingerprint density at radius 2 is 1.89 bits per heavy atom. The molecule has 5 amide bonds. The molecule has 154 valence electrons. The van der Waals surface area contributed by atoms with Crippen molar-refractivity contribution < 1.29 is 19.2 Å². The fourth-order valence-electron chi connectivity index (χ4n) is 3.00. The minimum Gasteiger partial charge on any atom is -0.351 e. The molecule has 1 saturated heterocycles. The van der Waals surface area contributed by atoms with Crippen LogP contribution in [0.1, 0.15) is 73.8 Å². The van der Waals surface area contributed by atoms with Crippen LogP contribution in [0.15, 0.2) is 12.1 Å². The summed E-state index contributed by atoms with van der Waals surface area (Å²) in [6, 6.07) is 2.70. The second-order valence-electron chi connectivity index (χ2n) is 7.18. The topological polar surface area (TPSA) is 108 Å². The molecule has 2 heterocycles. The number of nitrogens with one attached hydrogen (secondary N) is 3. The summed E-state index contributed by atoms with van der Waals surface area (Å²) in [5.41, 5.74) is 1.40. The van der Waals surface area contributed by atoms with E-state index in [0.717, 1.165) is 42.0 Å². The number of urea groups is 1. The first kappa shape index (κ1) is 21.9. The maximum atomic E-state index is 12.7. The van der Waals surface area contributed by atoms with Gasteiger partial charge in [0.15, 0.2) is 0 Å². The van der Waals surface area contributed by atoms with Crippen molar-refractivity contribution >= 4 is 35.1 Å². The highest BCUT2D eigenvalue weighted by molar-refractivity contribution is 7.14. The van der Waals surface area contributed by atoms with E-state index < -0.39 is 23.4 Å². The lowest BCUT2D eigenvalue weighted by Crippen LogP contribution is -2.48. The van der Waals surface area contributed by atoms with Gasteiger partial charge in [-0.05, 0) is 25.5 Å². The average molecular weight is 409 g/mol. The first-order chi connectivity index (χ1) is 13.3. The van der Waals surface area contributed by atoms with Gasteiger partial charge in [-0.2, -0.15) is 5.01 Å². The van der Waals surface area contributed by atoms with E-state index in [1.54, 1.807) is 19.1 Å². The molecule has 1 aromatic rings. The van der Waals surface area contributed by atoms with Gasteiger partial charge in [-0.1, -0.05) is 39.0 Å². The zero-order valence-corrected chi connectivity index (χ0v) is 17.4. The van der Waals surface area contributed by atoms with E-state index in [-0.39, 0.29) is 5.91 Å². The maximum Gasteiger partial charge on any atom is 0.344 e. The van der Waals surface area contributed by atoms with Crippen molar-refractivity contribution in [1.29, 1.82) is 0 Å². The van der Waals surface area contributed by atoms with Crippen molar-refractivity contribution in [1.82, 2.24) is 21.1 Å². The van der Waals surface area contributed by atoms with Gasteiger partial charge in [0.2, 0.25) is 5.91 Å². The van der Waals surface area contributed by atoms with Crippen molar-refractivity contribution in [2.24, 2.45) is 0 Å². The molecule has 1 atom stereocenters. The molecule has 9 heteroatoms. The normalized spacial score (nSPS) is 18.9. The van der Waals surface area contributed by atoms with Crippen molar-refractivity contribution in [2.75, 3.05) is 0 Å². The van der Waals surface area contributed by atoms with Crippen LogP contribution in [0.25, 0.3) is 0 Å². The smallest absolute Gasteiger partial charge is 0.344 e. The molecule has 1 aliphatic heterocycles. The second kappa shape index (κ2) is 9.68. The van der Waals surface area contributed by atoms with E-state index in [1.807, 2.05) is 0 Å². The summed E-state index contributed by atoms with van der Waals surface area (Å²) >= 11 is 1.19. The predicted octanol–water partition coefficient (Wildman–Crippen LogP) is 2.70. The fourth-order valence-corrected chi connectivity index (χ4v) is 3.84. The molecule has 3 N–H and O–H groups in total. The molecule has 1 aliphatic rings. The number of amides is 5. The Morgan fingerprint density at radius 3 is 2.57 bits per heavy atom. The van der Waals surface area contributed by atoms with Crippen LogP contribution in [0.2, 0.25) is 0 Å². The summed E-state index contributed by atoms with van der Waals surface area (Å²) in [6.45, 7) is 5.57. The number of hydrogen-bond acceptors (Lipinski definition) is 5. The Kier molecular flexibility index (Phi) is 7.56. The highest BCUT2D eigenvalue weighted by atomic mass is 32.1. The lowest BCUT2D eigenvalue weighted by atomic mass is 9.94. The minimum absolute atomic E-state index is 0.160. The predicted molar refractivity (Wildman–Crippen MR) is 106 cm³/mol. The highest BCUT2D eigenvalue weighted by Crippen LogP contribution is 2.24. The number of carbonyl (C=O) groups excluding carboxylic acids is 4. The highest BCUT2D eigenvalue weighted by Gasteiger charge is 2.48. The molecule has 0 aromatic carbocycles. The third-order valence-corrected chi connectivity index (χ3v) is 5.74. The van der Waals surface area contributed by atoms with Gasteiger partial charge in [0.25, 0.3) is 11.8 Å². The van der Waals surface area contributed by atoms with Crippen molar-refractivity contribution in [3.8, 4) is 0 Å². The second-order valence-corrected chi connectivity index (χ2v) is 8.35. The van der Waals surface area contributed by atoms with Gasteiger partial charge in [0.05, 0.1) is 11.4 Å². The van der Waals surface area contributed by atoms with E-state index >= 15 is 0 Å². The standard InChI is InChI=1S/C19H28N4O4S/c1-4-5-6-7-8-11-19(3)17(26)23(18(27)21-19)22-16(25)15-10-9-14(28-15)12-20-13(2)24/h9-10H,4-8,11-12H2,1-3H3,(H,20,24)(H,21,27)(H,22,25). The fraction of sp³-hybridized carbons (Fsp3) is 0.579. The SMILES string of the molecule is CCCCCCCC1(C)NC(=O)N(NC(=O)c2ccc(CNC(C)=O)s2)C1=O. The number of unbranched alkanes of at least 4 members (excludes halogenated alkanes) is 4. The van der Waals surface area contributed by atoms with Gasteiger partial charge in [0, 0.05) is 11.8 Å². The van der Waals surface area contributed by atoms with Crippen LogP contribution < -0.4 is 16.1 Å². The van der Waals surface area contributed by atoms with Gasteiger partial charge < -0.3 is 10.6 Å². The zero-order valence-electron chi connectivity index (χ0n) is 16.6. The number of hydrazine groups is 1. The molecule has 28 heavy (non-hydrogen) atoms. The number of thiophene rings is 1. The lowest BCUT2D eigenvalue weighted by molar-refractivity contribution is -0.132. The Morgan fingerprint density at radius 1 is 1.18 bits per heavy atom. The molecule has 2 rings (SSSR count). The van der Waals surface area contributed by atoms with E-state index in [9.17, 15) is 19.2 Å². The molecule has 8 nitrogen and oxygen atoms in total. The summed E-state index contributed by atoms with van der Waals surface area (Å²) in [4.78, 5) is 49.5. The molecule has 1 fully saturated rings. The third kappa shape index (κ3) is 5.54. The van der Waals surface area contributed by atoms with Crippen molar-refractivity contribution in [3.05, 3.63) is 21.9 Å². The number of carbonyl (C=O) groups is 4. The quantitative estimate of drug-likeness (QED) is 0.409. The molecule has 0 spiro atoms. The van der Waals surface area contributed by atoms with Gasteiger partial charge in [-0.3, -0.25) is 19.8 Å². The molecule has 0 saturated carbocycles. The summed E-state index contributed by atoms with van der Waals surface area (Å²) < 4.78 is 0. The molecular weight excluding hydrogens is 380 g/mol. The summed E-state index contributed by atoms with van der Waals surface area (Å²) in [6.07, 6.45) is 5.78. The van der Waals surface area contributed by atoms with Crippen LogP contribution in [0.4, 0.5) is 4.79 Å². The number of nitrogens with zero attached hydrogens (tertiary/aromatic N) is 1. The van der Waals surface area contributed by atoms with Crippen LogP contribution in [-0.2, 0) is 16.1 Å². The van der Waals surface area contributed by atoms with E-state index in [1.165, 1.54) is 18.3 Å². The molecule has 0 bridgehead atoms. The van der Waals surface area contributed by atoms with E-state index in [2.05, 4.69) is 23.0 Å². The Balaban J connectivity index is 1.92. The molecular formula is C19H28N4O4S. The van der Waals surface area contributed by atoms with E-state index in [4.69, 9.17) is 0 Å². The monoisotopic (exact) mass is 408 g/mol. The van der Waals surface area contributed by atoms with Crippen LogP contribution >= 0.6 is 11.3 Å². The van der Waals surface area contributed by atoms with Crippen LogP contribution in [0.3, 0.4) is 0 Å². The van der Waals surface area contributed by atoms with Crippen LogP contribution in [0.5, 0.6) is 0 Å². The number of hydrogen-bond donors (Lipinski definition) is 3. The molecule has 1 aromatic heterocycles. The van der Waals surface area contributed by atoms with Gasteiger partial charge in [0.1, 0.15) is 5.54 Å². The summed E-state index contributed by atoms with van der Waals surface area (Å²) in [7, 11) is 0. The maximum absolute atomic E-state index is 12.7. The summed E-state index contributed by atoms with van der Waals surface area (Å²) in [5, 5.41) is 6.12. The first-order valence-electron chi connectivity index (χ1n) is 9.57. The van der Waals surface area contributed by atoms with Gasteiger partial charge >= 0.3 is 6.03 Å². The number of rotatable bonds is 10. The van der Waals surface area contributed by atoms with Crippen LogP contribution in [-0.4, -0.2) is 34.3 Å². The summed E-state index contributed by atoms with van der Waals surface area (Å²) in [5.74, 6) is -1.14. The Bertz CT molecular complexity index is 748. The molecule has 0 radical (unpaired) electrons. The Labute approximate surface area is 169 Å². The minimum atomic E-state index is -0.997. The lowest BCUT2D eigenvalue weighted by Gasteiger charge is -2.21. The van der Waals surface area contributed by atoms with E-state index in [0.29, 0.717) is 17.8 Å². The van der Waals surface area contributed by atoms with Gasteiger partial charge in [-0.15, -0.1) is 11.3 Å². The molecule has 0 aliphatic carbocycles. The number of imide groups is 1. The van der Waals surface area contributed by atoms with Crippen LogP contribution in [0, 0.1) is 0 Å². The third-order valence-electron chi connectivity index (χ3n) is 4.65. The van der Waals surface area contributed by atoms with Gasteiger partial charge in [-0.25, -0.2) is 4.79 Å². The Hall–Kier alpha value is -2.42.